The Hall–Kier alpha value is -3.79. The number of halogens is 1. The summed E-state index contributed by atoms with van der Waals surface area (Å²) in [5.74, 6) is 6.34. The van der Waals surface area contributed by atoms with Crippen molar-refractivity contribution in [2.24, 2.45) is 0 Å². The summed E-state index contributed by atoms with van der Waals surface area (Å²) in [4.78, 5) is 4.37. The fourth-order valence-electron chi connectivity index (χ4n) is 3.73. The number of nitrogens with zero attached hydrogens (tertiary/aromatic N) is 1. The monoisotopic (exact) mass is 431 g/mol. The lowest BCUT2D eigenvalue weighted by molar-refractivity contribution is 0.639. The summed E-state index contributed by atoms with van der Waals surface area (Å²) in [6, 6.07) is 36.1. The predicted molar refractivity (Wildman–Crippen MR) is 133 cm³/mol. The molecule has 32 heavy (non-hydrogen) atoms. The van der Waals surface area contributed by atoms with Crippen molar-refractivity contribution in [1.29, 1.82) is 0 Å². The van der Waals surface area contributed by atoms with E-state index in [0.29, 0.717) is 10.9 Å². The molecule has 1 aromatic heterocycles. The molecule has 0 saturated carbocycles. The zero-order valence-electron chi connectivity index (χ0n) is 17.2. The van der Waals surface area contributed by atoms with Crippen LogP contribution in [0.3, 0.4) is 0 Å². The van der Waals surface area contributed by atoms with Crippen molar-refractivity contribution >= 4 is 34.7 Å². The number of hydrogen-bond acceptors (Lipinski definition) is 1. The Bertz CT molecular complexity index is 1400. The van der Waals surface area contributed by atoms with Crippen LogP contribution in [0.2, 0.25) is 0 Å². The highest BCUT2D eigenvalue weighted by molar-refractivity contribution is 7.79. The normalized spacial score (nSPS) is 10.7. The van der Waals surface area contributed by atoms with Crippen LogP contribution in [-0.4, -0.2) is 4.98 Å². The van der Waals surface area contributed by atoms with Crippen LogP contribution in [0.5, 0.6) is 0 Å². The van der Waals surface area contributed by atoms with Crippen LogP contribution in [0.1, 0.15) is 11.1 Å². The summed E-state index contributed by atoms with van der Waals surface area (Å²) in [5.41, 5.74) is 2.28. The molecule has 4 aromatic carbocycles. The zero-order valence-corrected chi connectivity index (χ0v) is 18.1. The predicted octanol–water partition coefficient (Wildman–Crippen LogP) is 5.53. The molecule has 1 heterocycles. The third kappa shape index (κ3) is 4.04. The molecule has 0 radical (unpaired) electrons. The summed E-state index contributed by atoms with van der Waals surface area (Å²) in [7, 11) is -0.765. The number of fused-ring (bicyclic) bond motifs is 1. The molecule has 0 spiro atoms. The Morgan fingerprint density at radius 1 is 0.594 bits per heavy atom. The molecule has 1 nitrogen and oxygen atoms in total. The van der Waals surface area contributed by atoms with Gasteiger partial charge in [-0.05, 0) is 48.9 Å². The van der Waals surface area contributed by atoms with Crippen LogP contribution in [0.25, 0.3) is 10.9 Å². The topological polar surface area (TPSA) is 12.9 Å². The van der Waals surface area contributed by atoms with E-state index < -0.39 is 7.92 Å². The number of pyridine rings is 1. The van der Waals surface area contributed by atoms with Crippen molar-refractivity contribution < 1.29 is 4.39 Å². The third-order valence-electron chi connectivity index (χ3n) is 5.22. The second-order valence-electron chi connectivity index (χ2n) is 7.27. The quantitative estimate of drug-likeness (QED) is 0.270. The van der Waals surface area contributed by atoms with Gasteiger partial charge in [-0.3, -0.25) is 4.98 Å². The minimum absolute atomic E-state index is 0.282. The van der Waals surface area contributed by atoms with Crippen molar-refractivity contribution in [2.45, 2.75) is 0 Å². The summed E-state index contributed by atoms with van der Waals surface area (Å²) in [5, 5.41) is 4.24. The molecule has 0 atom stereocenters. The van der Waals surface area contributed by atoms with E-state index in [-0.39, 0.29) is 5.82 Å². The van der Waals surface area contributed by atoms with Gasteiger partial charge in [0, 0.05) is 22.5 Å². The minimum atomic E-state index is -0.765. The van der Waals surface area contributed by atoms with Crippen LogP contribution in [0.15, 0.2) is 115 Å². The molecule has 0 amide bonds. The Balaban J connectivity index is 1.65. The third-order valence-corrected chi connectivity index (χ3v) is 7.72. The highest BCUT2D eigenvalue weighted by Gasteiger charge is 2.18. The number of benzene rings is 4. The van der Waals surface area contributed by atoms with Crippen LogP contribution in [0, 0.1) is 17.7 Å². The highest BCUT2D eigenvalue weighted by Crippen LogP contribution is 2.33. The fourth-order valence-corrected chi connectivity index (χ4v) is 6.13. The molecule has 0 aliphatic rings. The van der Waals surface area contributed by atoms with Crippen molar-refractivity contribution in [3.8, 4) is 11.8 Å². The van der Waals surface area contributed by atoms with Gasteiger partial charge in [-0.1, -0.05) is 90.7 Å². The maximum absolute atomic E-state index is 14.2. The molecule has 5 rings (SSSR count). The number of rotatable bonds is 3. The lowest BCUT2D eigenvalue weighted by atomic mass is 10.1. The highest BCUT2D eigenvalue weighted by atomic mass is 31.1. The van der Waals surface area contributed by atoms with E-state index >= 15 is 0 Å². The van der Waals surface area contributed by atoms with E-state index in [1.165, 1.54) is 22.0 Å². The van der Waals surface area contributed by atoms with E-state index in [1.54, 1.807) is 24.4 Å². The van der Waals surface area contributed by atoms with Crippen LogP contribution < -0.4 is 15.9 Å². The van der Waals surface area contributed by atoms with Gasteiger partial charge in [0.25, 0.3) is 0 Å². The average Bonchev–Trinajstić information content (AvgIpc) is 2.86. The van der Waals surface area contributed by atoms with Gasteiger partial charge in [0.15, 0.2) is 0 Å². The Kier molecular flexibility index (Phi) is 5.75. The molecule has 0 fully saturated rings. The second-order valence-corrected chi connectivity index (χ2v) is 9.45. The smallest absolute Gasteiger partial charge is 0.132 e. The molecule has 152 valence electrons. The lowest BCUT2D eigenvalue weighted by Crippen LogP contribution is -2.22. The van der Waals surface area contributed by atoms with Gasteiger partial charge in [0.05, 0.1) is 11.1 Å². The molecule has 0 aliphatic heterocycles. The van der Waals surface area contributed by atoms with Gasteiger partial charge < -0.3 is 0 Å². The van der Waals surface area contributed by atoms with Crippen molar-refractivity contribution in [1.82, 2.24) is 4.98 Å². The first-order valence-corrected chi connectivity index (χ1v) is 11.7. The first kappa shape index (κ1) is 20.1. The van der Waals surface area contributed by atoms with E-state index in [0.717, 1.165) is 11.1 Å². The molecule has 0 saturated heterocycles. The molecular formula is C29H19FNP. The summed E-state index contributed by atoms with van der Waals surface area (Å²) in [6.07, 6.45) is 1.67. The fraction of sp³-hybridized carbons (Fsp3) is 0. The first-order chi connectivity index (χ1) is 15.8. The van der Waals surface area contributed by atoms with E-state index in [2.05, 4.69) is 83.6 Å². The second kappa shape index (κ2) is 9.15. The largest absolute Gasteiger partial charge is 0.255 e. The van der Waals surface area contributed by atoms with Crippen molar-refractivity contribution in [3.63, 3.8) is 0 Å². The molecule has 5 aromatic rings. The SMILES string of the molecule is Fc1ccc(C#Cc2ccccc2P(c2ccccc2)c2ccccc2)c2ncccc12. The maximum Gasteiger partial charge on any atom is 0.132 e. The Morgan fingerprint density at radius 3 is 1.94 bits per heavy atom. The van der Waals surface area contributed by atoms with Crippen molar-refractivity contribution in [2.75, 3.05) is 0 Å². The summed E-state index contributed by atoms with van der Waals surface area (Å²) in [6.45, 7) is 0. The van der Waals surface area contributed by atoms with Gasteiger partial charge in [-0.25, -0.2) is 4.39 Å². The van der Waals surface area contributed by atoms with E-state index in [1.807, 2.05) is 18.2 Å². The molecule has 0 bridgehead atoms. The molecule has 3 heteroatoms. The van der Waals surface area contributed by atoms with Crippen LogP contribution in [0.4, 0.5) is 4.39 Å². The number of aromatic nitrogens is 1. The molecular weight excluding hydrogens is 412 g/mol. The molecule has 0 aliphatic carbocycles. The first-order valence-electron chi connectivity index (χ1n) is 10.4. The molecule has 0 unspecified atom stereocenters. The van der Waals surface area contributed by atoms with Gasteiger partial charge in [0.1, 0.15) is 5.82 Å². The Morgan fingerprint density at radius 2 is 1.22 bits per heavy atom. The van der Waals surface area contributed by atoms with Gasteiger partial charge >= 0.3 is 0 Å². The summed E-state index contributed by atoms with van der Waals surface area (Å²) < 4.78 is 14.2. The lowest BCUT2D eigenvalue weighted by Gasteiger charge is -2.20. The van der Waals surface area contributed by atoms with E-state index in [4.69, 9.17) is 0 Å². The van der Waals surface area contributed by atoms with Gasteiger partial charge in [-0.15, -0.1) is 0 Å². The van der Waals surface area contributed by atoms with Crippen molar-refractivity contribution in [3.05, 3.63) is 132 Å². The average molecular weight is 431 g/mol. The van der Waals surface area contributed by atoms with Crippen LogP contribution in [-0.2, 0) is 0 Å². The van der Waals surface area contributed by atoms with E-state index in [9.17, 15) is 4.39 Å². The zero-order chi connectivity index (χ0) is 21.8. The summed E-state index contributed by atoms with van der Waals surface area (Å²) >= 11 is 0. The van der Waals surface area contributed by atoms with Gasteiger partial charge in [-0.2, -0.15) is 0 Å². The maximum atomic E-state index is 14.2. The standard InChI is InChI=1S/C29H19FNP/c30-27-20-19-23(29-26(27)15-9-21-31-29)18-17-22-10-7-8-16-28(22)32(24-11-3-1-4-12-24)25-13-5-2-6-14-25/h1-16,19-21H. The minimum Gasteiger partial charge on any atom is -0.255 e. The Labute approximate surface area is 188 Å². The van der Waals surface area contributed by atoms with Crippen LogP contribution >= 0.6 is 7.92 Å². The number of hydrogen-bond donors (Lipinski definition) is 0. The van der Waals surface area contributed by atoms with Gasteiger partial charge in [0.2, 0.25) is 0 Å². The molecule has 0 N–H and O–H groups in total.